The minimum absolute atomic E-state index is 0.226. The van der Waals surface area contributed by atoms with Gasteiger partial charge < -0.3 is 9.80 Å². The summed E-state index contributed by atoms with van der Waals surface area (Å²) in [6, 6.07) is 17.2. The lowest BCUT2D eigenvalue weighted by molar-refractivity contribution is -0.134. The van der Waals surface area contributed by atoms with Gasteiger partial charge in [-0.1, -0.05) is 24.3 Å². The maximum Gasteiger partial charge on any atom is 0.234 e. The molecule has 5 aromatic rings. The number of pyridine rings is 1. The zero-order chi connectivity index (χ0) is 38.3. The predicted octanol–water partition coefficient (Wildman–Crippen LogP) is 5.86. The molecule has 1 N–H and O–H groups in total. The number of hydrogen-bond acceptors (Lipinski definition) is 9. The summed E-state index contributed by atoms with van der Waals surface area (Å²) in [6.07, 6.45) is 7.95. The molecule has 0 bridgehead atoms. The van der Waals surface area contributed by atoms with Crippen molar-refractivity contribution in [1.82, 2.24) is 34.7 Å². The van der Waals surface area contributed by atoms with Gasteiger partial charge in [-0.25, -0.2) is 27.7 Å². The van der Waals surface area contributed by atoms with E-state index in [1.165, 1.54) is 12.1 Å². The van der Waals surface area contributed by atoms with Crippen molar-refractivity contribution in [2.24, 2.45) is 0 Å². The summed E-state index contributed by atoms with van der Waals surface area (Å²) in [5, 5.41) is 6.88. The normalized spacial score (nSPS) is 21.6. The Hall–Kier alpha value is -5.34. The van der Waals surface area contributed by atoms with Crippen molar-refractivity contribution in [2.75, 3.05) is 55.6 Å². The van der Waals surface area contributed by atoms with Crippen molar-refractivity contribution < 1.29 is 22.8 Å². The molecule has 7 heterocycles. The number of nitrogens with one attached hydrogen (secondary N) is 1. The third kappa shape index (κ3) is 7.23. The van der Waals surface area contributed by atoms with E-state index in [-0.39, 0.29) is 24.2 Å². The molecule has 11 nitrogen and oxygen atoms in total. The molecule has 4 aliphatic heterocycles. The average Bonchev–Trinajstić information content (AvgIpc) is 3.87. The number of piperazine rings is 1. The van der Waals surface area contributed by atoms with Gasteiger partial charge in [-0.3, -0.25) is 24.7 Å². The van der Waals surface area contributed by atoms with E-state index < -0.39 is 23.5 Å². The summed E-state index contributed by atoms with van der Waals surface area (Å²) in [5.41, 5.74) is 3.99. The smallest absolute Gasteiger partial charge is 0.234 e. The second kappa shape index (κ2) is 15.3. The van der Waals surface area contributed by atoms with Crippen LogP contribution >= 0.6 is 0 Å². The van der Waals surface area contributed by atoms with Crippen LogP contribution in [0.4, 0.5) is 24.8 Å². The van der Waals surface area contributed by atoms with E-state index in [1.54, 1.807) is 22.8 Å². The van der Waals surface area contributed by atoms with Crippen LogP contribution in [0.15, 0.2) is 73.1 Å². The van der Waals surface area contributed by atoms with Crippen LogP contribution in [0.25, 0.3) is 16.9 Å². The maximum atomic E-state index is 15.1. The van der Waals surface area contributed by atoms with Crippen LogP contribution in [0.3, 0.4) is 0 Å². The van der Waals surface area contributed by atoms with E-state index in [2.05, 4.69) is 36.1 Å². The Kier molecular flexibility index (Phi) is 9.92. The fourth-order valence-electron chi connectivity index (χ4n) is 9.04. The number of carbonyl (C=O) groups is 2. The van der Waals surface area contributed by atoms with Crippen LogP contribution in [0.2, 0.25) is 0 Å². The van der Waals surface area contributed by atoms with E-state index in [9.17, 15) is 18.4 Å². The van der Waals surface area contributed by atoms with Crippen molar-refractivity contribution in [1.29, 1.82) is 0 Å². The van der Waals surface area contributed by atoms with Gasteiger partial charge in [0.1, 0.15) is 29.1 Å². The van der Waals surface area contributed by atoms with Gasteiger partial charge in [0.2, 0.25) is 11.8 Å². The molecular weight excluding hydrogens is 720 g/mol. The number of hydrogen-bond donors (Lipinski definition) is 1. The summed E-state index contributed by atoms with van der Waals surface area (Å²) < 4.78 is 45.3. The van der Waals surface area contributed by atoms with Gasteiger partial charge in [-0.15, -0.1) is 0 Å². The minimum atomic E-state index is -0.624. The molecule has 290 valence electrons. The molecule has 2 aromatic carbocycles. The zero-order valence-electron chi connectivity index (χ0n) is 31.1. The number of anilines is 2. The van der Waals surface area contributed by atoms with Gasteiger partial charge in [0.15, 0.2) is 5.65 Å². The summed E-state index contributed by atoms with van der Waals surface area (Å²) in [5.74, 6) is -1.22. The second-order valence-corrected chi connectivity index (χ2v) is 15.4. The average molecular weight is 764 g/mol. The molecule has 0 spiro atoms. The van der Waals surface area contributed by atoms with Gasteiger partial charge in [0.05, 0.1) is 29.4 Å². The van der Waals surface area contributed by atoms with Crippen LogP contribution < -0.4 is 15.1 Å². The molecule has 4 fully saturated rings. The lowest BCUT2D eigenvalue weighted by atomic mass is 9.89. The molecule has 4 aliphatic rings. The molecule has 14 heteroatoms. The van der Waals surface area contributed by atoms with Gasteiger partial charge in [0.25, 0.3) is 0 Å². The fraction of sp³-hybridized carbons (Fsp3) is 0.405. The molecule has 3 aromatic heterocycles. The van der Waals surface area contributed by atoms with E-state index in [1.807, 2.05) is 30.5 Å². The lowest BCUT2D eigenvalue weighted by Crippen LogP contribution is -2.53. The quantitative estimate of drug-likeness (QED) is 0.195. The molecule has 9 rings (SSSR count). The first-order valence-electron chi connectivity index (χ1n) is 19.6. The van der Waals surface area contributed by atoms with E-state index >= 15 is 4.39 Å². The van der Waals surface area contributed by atoms with E-state index in [0.29, 0.717) is 35.8 Å². The van der Waals surface area contributed by atoms with Crippen LogP contribution in [-0.4, -0.2) is 93.1 Å². The second-order valence-electron chi connectivity index (χ2n) is 15.4. The Morgan fingerprint density at radius 2 is 1.57 bits per heavy atom. The van der Waals surface area contributed by atoms with Gasteiger partial charge in [-0.2, -0.15) is 5.10 Å². The Labute approximate surface area is 323 Å². The third-order valence-electron chi connectivity index (χ3n) is 12.0. The number of aromatic nitrogens is 4. The largest absolute Gasteiger partial charge is 0.354 e. The number of amides is 2. The summed E-state index contributed by atoms with van der Waals surface area (Å²) in [4.78, 5) is 43.3. The molecule has 4 saturated heterocycles. The Morgan fingerprint density at radius 3 is 2.36 bits per heavy atom. The number of benzene rings is 2. The minimum Gasteiger partial charge on any atom is -0.354 e. The van der Waals surface area contributed by atoms with Gasteiger partial charge in [0, 0.05) is 75.1 Å². The van der Waals surface area contributed by atoms with Crippen molar-refractivity contribution >= 4 is 29.1 Å². The van der Waals surface area contributed by atoms with Gasteiger partial charge in [-0.05, 0) is 81.1 Å². The van der Waals surface area contributed by atoms with Crippen LogP contribution in [0, 0.1) is 17.5 Å². The topological polar surface area (TPSA) is 102 Å². The fourth-order valence-corrected chi connectivity index (χ4v) is 9.04. The number of fused-ring (bicyclic) bond motifs is 1. The zero-order valence-corrected chi connectivity index (χ0v) is 31.1. The molecule has 2 atom stereocenters. The number of rotatable bonds is 8. The molecule has 0 radical (unpaired) electrons. The third-order valence-corrected chi connectivity index (χ3v) is 12.0. The number of piperidine rings is 2. The highest BCUT2D eigenvalue weighted by Crippen LogP contribution is 2.37. The van der Waals surface area contributed by atoms with E-state index in [4.69, 9.17) is 9.97 Å². The maximum absolute atomic E-state index is 15.1. The summed E-state index contributed by atoms with van der Waals surface area (Å²) in [6.45, 7) is 6.86. The highest BCUT2D eigenvalue weighted by atomic mass is 19.1. The Bertz CT molecular complexity index is 2270. The number of carbonyl (C=O) groups excluding carboxylic acids is 2. The van der Waals surface area contributed by atoms with Crippen LogP contribution in [0.5, 0.6) is 0 Å². The monoisotopic (exact) mass is 763 g/mol. The highest BCUT2D eigenvalue weighted by molar-refractivity contribution is 6.01. The highest BCUT2D eigenvalue weighted by Gasteiger charge is 2.32. The first-order valence-corrected chi connectivity index (χ1v) is 19.6. The Balaban J connectivity index is 0.807. The number of likely N-dealkylation sites (tertiary alicyclic amines) is 1. The molecule has 2 amide bonds. The lowest BCUT2D eigenvalue weighted by Gasteiger charge is -2.43. The number of imide groups is 1. The van der Waals surface area contributed by atoms with Crippen molar-refractivity contribution in [3.8, 4) is 11.3 Å². The molecule has 56 heavy (non-hydrogen) atoms. The van der Waals surface area contributed by atoms with Crippen LogP contribution in [-0.2, 0) is 16.1 Å². The standard InChI is InChI=1S/C42H44F3N9O2/c43-28-7-9-32(35(45)24-28)37-4-2-15-53(37)39-14-18-54-41(48-39)33(25-46-54)36-3-1-5-38(47-36)52-21-19-51(20-22-52)29-12-16-50(17-13-29)26-27-6-8-30(34(44)23-27)31-10-11-40(55)49-42(31)56/h1,3,5-9,14,18,23-25,29,31,37H,2,4,10-13,15-17,19-22,26H2,(H,49,55,56)/t31?,37-/m1/s1. The number of nitrogens with zero attached hydrogens (tertiary/aromatic N) is 8. The Morgan fingerprint density at radius 1 is 0.768 bits per heavy atom. The SMILES string of the molecule is O=C1CCC(c2ccc(CN3CCC(N4CCN(c5cccc(-c6cnn7ccc(N8CCC[C@@H]8c8ccc(F)cc8F)nc67)n5)CC4)CC3)cc2F)C(=O)N1. The number of halogens is 3. The van der Waals surface area contributed by atoms with Gasteiger partial charge >= 0.3 is 0 Å². The molecule has 1 unspecified atom stereocenters. The molecule has 0 saturated carbocycles. The van der Waals surface area contributed by atoms with Crippen molar-refractivity contribution in [3.05, 3.63) is 107 Å². The first kappa shape index (κ1) is 36.3. The first-order chi connectivity index (χ1) is 27.3. The molecular formula is C42H44F3N9O2. The summed E-state index contributed by atoms with van der Waals surface area (Å²) >= 11 is 0. The van der Waals surface area contributed by atoms with Crippen LogP contribution in [0.1, 0.15) is 67.2 Å². The summed E-state index contributed by atoms with van der Waals surface area (Å²) in [7, 11) is 0. The van der Waals surface area contributed by atoms with Crippen molar-refractivity contribution in [3.63, 3.8) is 0 Å². The predicted molar refractivity (Wildman–Crippen MR) is 206 cm³/mol. The van der Waals surface area contributed by atoms with Crippen molar-refractivity contribution in [2.45, 2.75) is 63.1 Å². The molecule has 0 aliphatic carbocycles. The van der Waals surface area contributed by atoms with E-state index in [0.717, 1.165) is 106 Å².